The summed E-state index contributed by atoms with van der Waals surface area (Å²) in [6, 6.07) is 8.97. The fraction of sp³-hybridized carbons (Fsp3) is 0.368. The number of hydrogen-bond acceptors (Lipinski definition) is 5. The zero-order valence-electron chi connectivity index (χ0n) is 14.9. The number of nitrogens with one attached hydrogen (secondary N) is 2. The molecule has 2 heterocycles. The van der Waals surface area contributed by atoms with Crippen LogP contribution in [0.3, 0.4) is 0 Å². The molecule has 0 spiro atoms. The second-order valence-corrected chi connectivity index (χ2v) is 6.38. The van der Waals surface area contributed by atoms with E-state index < -0.39 is 0 Å². The summed E-state index contributed by atoms with van der Waals surface area (Å²) in [5, 5.41) is 5.89. The molecule has 2 aromatic rings. The topological polar surface area (TPSA) is 87.2 Å². The largest absolute Gasteiger partial charge is 0.340 e. The molecule has 2 N–H and O–H groups in total. The average Bonchev–Trinajstić information content (AvgIpc) is 2.90. The molecular formula is C19H23N5O2. The number of anilines is 3. The van der Waals surface area contributed by atoms with E-state index in [-0.39, 0.29) is 11.8 Å². The van der Waals surface area contributed by atoms with Crippen LogP contribution < -0.4 is 10.6 Å². The molecule has 0 unspecified atom stereocenters. The van der Waals surface area contributed by atoms with E-state index in [1.165, 1.54) is 26.1 Å². The first-order chi connectivity index (χ1) is 12.6. The molecular weight excluding hydrogens is 330 g/mol. The highest BCUT2D eigenvalue weighted by molar-refractivity contribution is 5.93. The first kappa shape index (κ1) is 17.8. The molecule has 136 valence electrons. The lowest BCUT2D eigenvalue weighted by molar-refractivity contribution is -0.114. The fourth-order valence-corrected chi connectivity index (χ4v) is 3.00. The van der Waals surface area contributed by atoms with Gasteiger partial charge in [0.15, 0.2) is 0 Å². The van der Waals surface area contributed by atoms with Gasteiger partial charge in [0.05, 0.1) is 0 Å². The van der Waals surface area contributed by atoms with Crippen LogP contribution in [0.15, 0.2) is 36.7 Å². The predicted octanol–water partition coefficient (Wildman–Crippen LogP) is 3.19. The summed E-state index contributed by atoms with van der Waals surface area (Å²) >= 11 is 0. The maximum Gasteiger partial charge on any atom is 0.272 e. The van der Waals surface area contributed by atoms with Crippen molar-refractivity contribution in [1.82, 2.24) is 14.9 Å². The van der Waals surface area contributed by atoms with Gasteiger partial charge >= 0.3 is 0 Å². The second-order valence-electron chi connectivity index (χ2n) is 6.38. The number of benzene rings is 1. The van der Waals surface area contributed by atoms with Crippen molar-refractivity contribution in [2.45, 2.75) is 32.6 Å². The van der Waals surface area contributed by atoms with Gasteiger partial charge in [0.25, 0.3) is 5.91 Å². The van der Waals surface area contributed by atoms with Gasteiger partial charge in [-0.15, -0.1) is 0 Å². The first-order valence-corrected chi connectivity index (χ1v) is 8.88. The quantitative estimate of drug-likeness (QED) is 0.881. The average molecular weight is 353 g/mol. The van der Waals surface area contributed by atoms with Crippen molar-refractivity contribution in [3.63, 3.8) is 0 Å². The van der Waals surface area contributed by atoms with Gasteiger partial charge in [-0.3, -0.25) is 9.59 Å². The molecule has 1 fully saturated rings. The lowest BCUT2D eigenvalue weighted by Crippen LogP contribution is -2.32. The molecule has 1 aliphatic rings. The van der Waals surface area contributed by atoms with E-state index in [0.29, 0.717) is 17.2 Å². The Morgan fingerprint density at radius 1 is 1.00 bits per heavy atom. The zero-order chi connectivity index (χ0) is 18.4. The van der Waals surface area contributed by atoms with Crippen LogP contribution >= 0.6 is 0 Å². The number of hydrogen-bond donors (Lipinski definition) is 2. The lowest BCUT2D eigenvalue weighted by atomic mass is 10.2. The van der Waals surface area contributed by atoms with Crippen LogP contribution in [-0.4, -0.2) is 39.8 Å². The minimum Gasteiger partial charge on any atom is -0.340 e. The second kappa shape index (κ2) is 8.42. The Morgan fingerprint density at radius 2 is 1.73 bits per heavy atom. The number of aromatic nitrogens is 2. The van der Waals surface area contributed by atoms with Crippen LogP contribution in [0.5, 0.6) is 0 Å². The van der Waals surface area contributed by atoms with Crippen LogP contribution in [0.1, 0.15) is 43.1 Å². The number of rotatable bonds is 4. The first-order valence-electron chi connectivity index (χ1n) is 8.88. The Hall–Kier alpha value is -2.96. The monoisotopic (exact) mass is 353 g/mol. The van der Waals surface area contributed by atoms with Crippen molar-refractivity contribution < 1.29 is 9.59 Å². The molecule has 0 bridgehead atoms. The van der Waals surface area contributed by atoms with Crippen molar-refractivity contribution in [1.29, 1.82) is 0 Å². The molecule has 0 aliphatic carbocycles. The summed E-state index contributed by atoms with van der Waals surface area (Å²) in [6.45, 7) is 3.03. The molecule has 1 aromatic carbocycles. The number of carbonyl (C=O) groups is 2. The summed E-state index contributed by atoms with van der Waals surface area (Å²) < 4.78 is 0. The fourth-order valence-electron chi connectivity index (χ4n) is 3.00. The summed E-state index contributed by atoms with van der Waals surface area (Å²) in [6.07, 6.45) is 5.82. The van der Waals surface area contributed by atoms with E-state index in [0.717, 1.165) is 31.6 Å². The van der Waals surface area contributed by atoms with Gasteiger partial charge in [0.2, 0.25) is 5.91 Å². The molecule has 26 heavy (non-hydrogen) atoms. The lowest BCUT2D eigenvalue weighted by Gasteiger charge is -2.19. The molecule has 1 aromatic heterocycles. The Bertz CT molecular complexity index is 785. The molecule has 3 rings (SSSR count). The number of nitrogens with zero attached hydrogens (tertiary/aromatic N) is 3. The Kier molecular flexibility index (Phi) is 5.78. The molecule has 7 heteroatoms. The van der Waals surface area contributed by atoms with Gasteiger partial charge in [-0.05, 0) is 31.0 Å². The van der Waals surface area contributed by atoms with Crippen molar-refractivity contribution >= 4 is 29.0 Å². The molecule has 2 amide bonds. The summed E-state index contributed by atoms with van der Waals surface area (Å²) in [7, 11) is 0. The van der Waals surface area contributed by atoms with Crippen LogP contribution in [-0.2, 0) is 4.79 Å². The number of amides is 2. The van der Waals surface area contributed by atoms with Crippen molar-refractivity contribution in [3.05, 3.63) is 42.4 Å². The molecule has 0 saturated carbocycles. The summed E-state index contributed by atoms with van der Waals surface area (Å²) in [5.41, 5.74) is 1.85. The maximum absolute atomic E-state index is 12.7. The highest BCUT2D eigenvalue weighted by Crippen LogP contribution is 2.20. The van der Waals surface area contributed by atoms with Crippen molar-refractivity contribution in [2.24, 2.45) is 0 Å². The number of likely N-dealkylation sites (tertiary alicyclic amines) is 1. The molecule has 0 radical (unpaired) electrons. The Labute approximate surface area is 152 Å². The predicted molar refractivity (Wildman–Crippen MR) is 100 cm³/mol. The van der Waals surface area contributed by atoms with Crippen molar-refractivity contribution in [3.8, 4) is 0 Å². The van der Waals surface area contributed by atoms with Gasteiger partial charge < -0.3 is 15.5 Å². The van der Waals surface area contributed by atoms with E-state index in [4.69, 9.17) is 0 Å². The normalized spacial score (nSPS) is 14.4. The van der Waals surface area contributed by atoms with E-state index in [1.54, 1.807) is 18.2 Å². The smallest absolute Gasteiger partial charge is 0.272 e. The van der Waals surface area contributed by atoms with E-state index in [2.05, 4.69) is 20.6 Å². The van der Waals surface area contributed by atoms with E-state index in [9.17, 15) is 9.59 Å². The third-order valence-corrected chi connectivity index (χ3v) is 4.23. The Morgan fingerprint density at radius 3 is 2.46 bits per heavy atom. The zero-order valence-corrected chi connectivity index (χ0v) is 14.9. The SMILES string of the molecule is CC(=O)Nc1cccc(Nc2cc(C(=O)N3CCCCCC3)ncn2)c1. The van der Waals surface area contributed by atoms with Gasteiger partial charge in [0.1, 0.15) is 17.8 Å². The van der Waals surface area contributed by atoms with Gasteiger partial charge in [-0.2, -0.15) is 0 Å². The Balaban J connectivity index is 1.73. The van der Waals surface area contributed by atoms with Crippen LogP contribution in [0.2, 0.25) is 0 Å². The number of carbonyl (C=O) groups excluding carboxylic acids is 2. The molecule has 0 atom stereocenters. The van der Waals surface area contributed by atoms with Crippen LogP contribution in [0.4, 0.5) is 17.2 Å². The van der Waals surface area contributed by atoms with E-state index >= 15 is 0 Å². The standard InChI is InChI=1S/C19H23N5O2/c1-14(25)22-15-7-6-8-16(11-15)23-18-12-17(20-13-21-18)19(26)24-9-4-2-3-5-10-24/h6-8,11-13H,2-5,9-10H2,1H3,(H,22,25)(H,20,21,23). The van der Waals surface area contributed by atoms with Crippen LogP contribution in [0, 0.1) is 0 Å². The van der Waals surface area contributed by atoms with Crippen LogP contribution in [0.25, 0.3) is 0 Å². The highest BCUT2D eigenvalue weighted by atomic mass is 16.2. The van der Waals surface area contributed by atoms with E-state index in [1.807, 2.05) is 17.0 Å². The minimum absolute atomic E-state index is 0.0515. The van der Waals surface area contributed by atoms with Crippen molar-refractivity contribution in [2.75, 3.05) is 23.7 Å². The molecule has 7 nitrogen and oxygen atoms in total. The van der Waals surface area contributed by atoms with Gasteiger partial charge in [-0.1, -0.05) is 18.9 Å². The van der Waals surface area contributed by atoms with Gasteiger partial charge in [-0.25, -0.2) is 9.97 Å². The molecule has 1 saturated heterocycles. The van der Waals surface area contributed by atoms with Gasteiger partial charge in [0, 0.05) is 37.5 Å². The maximum atomic E-state index is 12.7. The summed E-state index contributed by atoms with van der Waals surface area (Å²) in [4.78, 5) is 34.1. The summed E-state index contributed by atoms with van der Waals surface area (Å²) in [5.74, 6) is 0.358. The molecule has 1 aliphatic heterocycles. The third kappa shape index (κ3) is 4.78. The minimum atomic E-state index is -0.130. The third-order valence-electron chi connectivity index (χ3n) is 4.23. The highest BCUT2D eigenvalue weighted by Gasteiger charge is 2.19.